The second-order valence-corrected chi connectivity index (χ2v) is 3.71. The highest BCUT2D eigenvalue weighted by atomic mass is 16.5. The fraction of sp³-hybridized carbons (Fsp3) is 0.727. The molecular formula is C11H21N3O. The Bertz CT molecular complexity index is 260. The predicted molar refractivity (Wildman–Crippen MR) is 60.7 cm³/mol. The van der Waals surface area contributed by atoms with Gasteiger partial charge in [0, 0.05) is 12.6 Å². The van der Waals surface area contributed by atoms with Gasteiger partial charge in [-0.05, 0) is 39.4 Å². The topological polar surface area (TPSA) is 50.1 Å². The molecule has 0 unspecified atom stereocenters. The summed E-state index contributed by atoms with van der Waals surface area (Å²) in [6, 6.07) is 1.96. The van der Waals surface area contributed by atoms with E-state index in [1.807, 2.05) is 13.0 Å². The molecule has 0 aromatic carbocycles. The summed E-state index contributed by atoms with van der Waals surface area (Å²) in [5, 5.41) is 10.6. The van der Waals surface area contributed by atoms with Crippen LogP contribution in [-0.4, -0.2) is 24.8 Å². The maximum Gasteiger partial charge on any atom is 0.133 e. The van der Waals surface area contributed by atoms with Gasteiger partial charge in [-0.3, -0.25) is 0 Å². The molecule has 1 aromatic rings. The zero-order chi connectivity index (χ0) is 10.9. The fourth-order valence-corrected chi connectivity index (χ4v) is 1.36. The third-order valence-corrected chi connectivity index (χ3v) is 2.12. The lowest BCUT2D eigenvalue weighted by Crippen LogP contribution is -2.22. The van der Waals surface area contributed by atoms with Crippen LogP contribution in [0.25, 0.3) is 0 Å². The highest BCUT2D eigenvalue weighted by Crippen LogP contribution is 2.00. The Balaban J connectivity index is 1.93. The van der Waals surface area contributed by atoms with E-state index in [2.05, 4.69) is 22.7 Å². The normalized spacial score (nSPS) is 10.8. The first-order chi connectivity index (χ1) is 7.33. The molecule has 0 bridgehead atoms. The molecule has 0 atom stereocenters. The van der Waals surface area contributed by atoms with Gasteiger partial charge < -0.3 is 15.2 Å². The molecule has 86 valence electrons. The minimum atomic E-state index is 0.797. The number of rotatable bonds is 8. The zero-order valence-corrected chi connectivity index (χ0v) is 9.68. The van der Waals surface area contributed by atoms with Crippen LogP contribution >= 0.6 is 0 Å². The first kappa shape index (κ1) is 12.2. The van der Waals surface area contributed by atoms with Gasteiger partial charge in [0.15, 0.2) is 0 Å². The quantitative estimate of drug-likeness (QED) is 0.639. The number of nitrogens with zero attached hydrogens (tertiary/aromatic N) is 1. The SMILES string of the molecule is CCCNCCCNCc1cc(C)on1. The van der Waals surface area contributed by atoms with E-state index in [4.69, 9.17) is 4.52 Å². The average molecular weight is 211 g/mol. The highest BCUT2D eigenvalue weighted by molar-refractivity contribution is 5.02. The summed E-state index contributed by atoms with van der Waals surface area (Å²) in [5.41, 5.74) is 0.981. The Morgan fingerprint density at radius 2 is 2.07 bits per heavy atom. The zero-order valence-electron chi connectivity index (χ0n) is 9.68. The van der Waals surface area contributed by atoms with Crippen molar-refractivity contribution in [3.8, 4) is 0 Å². The summed E-state index contributed by atoms with van der Waals surface area (Å²) in [5.74, 6) is 0.872. The van der Waals surface area contributed by atoms with Crippen molar-refractivity contribution in [2.24, 2.45) is 0 Å². The average Bonchev–Trinajstić information content (AvgIpc) is 2.63. The Morgan fingerprint density at radius 1 is 1.27 bits per heavy atom. The van der Waals surface area contributed by atoms with Crippen LogP contribution in [0.1, 0.15) is 31.2 Å². The van der Waals surface area contributed by atoms with Gasteiger partial charge in [0.2, 0.25) is 0 Å². The minimum Gasteiger partial charge on any atom is -0.361 e. The van der Waals surface area contributed by atoms with Crippen LogP contribution in [0.4, 0.5) is 0 Å². The molecule has 0 saturated carbocycles. The molecular weight excluding hydrogens is 190 g/mol. The number of aryl methyl sites for hydroxylation is 1. The fourth-order valence-electron chi connectivity index (χ4n) is 1.36. The molecule has 0 saturated heterocycles. The van der Waals surface area contributed by atoms with E-state index in [9.17, 15) is 0 Å². The van der Waals surface area contributed by atoms with Crippen molar-refractivity contribution in [1.82, 2.24) is 15.8 Å². The maximum atomic E-state index is 4.97. The van der Waals surface area contributed by atoms with Gasteiger partial charge >= 0.3 is 0 Å². The van der Waals surface area contributed by atoms with Crippen LogP contribution in [0.15, 0.2) is 10.6 Å². The highest BCUT2D eigenvalue weighted by Gasteiger charge is 1.98. The largest absolute Gasteiger partial charge is 0.361 e. The van der Waals surface area contributed by atoms with Gasteiger partial charge in [0.25, 0.3) is 0 Å². The predicted octanol–water partition coefficient (Wildman–Crippen LogP) is 1.46. The van der Waals surface area contributed by atoms with Crippen molar-refractivity contribution in [3.63, 3.8) is 0 Å². The summed E-state index contributed by atoms with van der Waals surface area (Å²) < 4.78 is 4.97. The summed E-state index contributed by atoms with van der Waals surface area (Å²) in [4.78, 5) is 0. The van der Waals surface area contributed by atoms with Crippen LogP contribution < -0.4 is 10.6 Å². The third-order valence-electron chi connectivity index (χ3n) is 2.12. The summed E-state index contributed by atoms with van der Waals surface area (Å²) in [7, 11) is 0. The van der Waals surface area contributed by atoms with E-state index < -0.39 is 0 Å². The van der Waals surface area contributed by atoms with Gasteiger partial charge in [-0.1, -0.05) is 12.1 Å². The second-order valence-electron chi connectivity index (χ2n) is 3.71. The van der Waals surface area contributed by atoms with E-state index in [1.165, 1.54) is 6.42 Å². The molecule has 0 fully saturated rings. The number of nitrogens with one attached hydrogen (secondary N) is 2. The summed E-state index contributed by atoms with van der Waals surface area (Å²) in [6.07, 6.45) is 2.35. The second kappa shape index (κ2) is 7.43. The number of hydrogen-bond donors (Lipinski definition) is 2. The number of aromatic nitrogens is 1. The molecule has 0 radical (unpaired) electrons. The van der Waals surface area contributed by atoms with Crippen molar-refractivity contribution >= 4 is 0 Å². The molecule has 4 heteroatoms. The Labute approximate surface area is 91.4 Å². The standard InChI is InChI=1S/C11H21N3O/c1-3-5-12-6-4-7-13-9-11-8-10(2)15-14-11/h8,12-13H,3-7,9H2,1-2H3. The number of hydrogen-bond acceptors (Lipinski definition) is 4. The molecule has 1 rings (SSSR count). The van der Waals surface area contributed by atoms with Crippen molar-refractivity contribution in [2.75, 3.05) is 19.6 Å². The lowest BCUT2D eigenvalue weighted by molar-refractivity contribution is 0.388. The van der Waals surface area contributed by atoms with E-state index in [0.29, 0.717) is 0 Å². The molecule has 1 heterocycles. The monoisotopic (exact) mass is 211 g/mol. The summed E-state index contributed by atoms with van der Waals surface area (Å²) >= 11 is 0. The van der Waals surface area contributed by atoms with E-state index in [-0.39, 0.29) is 0 Å². The lowest BCUT2D eigenvalue weighted by Gasteiger charge is -2.03. The maximum absolute atomic E-state index is 4.97. The molecule has 4 nitrogen and oxygen atoms in total. The molecule has 0 spiro atoms. The van der Waals surface area contributed by atoms with Crippen LogP contribution in [0, 0.1) is 6.92 Å². The summed E-state index contributed by atoms with van der Waals surface area (Å²) in [6.45, 7) is 8.10. The van der Waals surface area contributed by atoms with Crippen molar-refractivity contribution in [1.29, 1.82) is 0 Å². The smallest absolute Gasteiger partial charge is 0.133 e. The molecule has 1 aromatic heterocycles. The molecule has 0 aliphatic carbocycles. The molecule has 2 N–H and O–H groups in total. The van der Waals surface area contributed by atoms with E-state index in [0.717, 1.165) is 44.1 Å². The van der Waals surface area contributed by atoms with Crippen molar-refractivity contribution < 1.29 is 4.52 Å². The van der Waals surface area contributed by atoms with E-state index >= 15 is 0 Å². The van der Waals surface area contributed by atoms with Gasteiger partial charge in [0.1, 0.15) is 5.76 Å². The van der Waals surface area contributed by atoms with Gasteiger partial charge in [0.05, 0.1) is 5.69 Å². The third kappa shape index (κ3) is 5.54. The minimum absolute atomic E-state index is 0.797. The molecule has 0 aliphatic heterocycles. The Morgan fingerprint density at radius 3 is 2.73 bits per heavy atom. The van der Waals surface area contributed by atoms with Crippen molar-refractivity contribution in [2.45, 2.75) is 33.2 Å². The van der Waals surface area contributed by atoms with Crippen LogP contribution in [-0.2, 0) is 6.54 Å². The van der Waals surface area contributed by atoms with Crippen LogP contribution in [0.2, 0.25) is 0 Å². The van der Waals surface area contributed by atoms with Gasteiger partial charge in [-0.25, -0.2) is 0 Å². The van der Waals surface area contributed by atoms with Crippen molar-refractivity contribution in [3.05, 3.63) is 17.5 Å². The van der Waals surface area contributed by atoms with Crippen LogP contribution in [0.5, 0.6) is 0 Å². The van der Waals surface area contributed by atoms with E-state index in [1.54, 1.807) is 0 Å². The van der Waals surface area contributed by atoms with Gasteiger partial charge in [-0.2, -0.15) is 0 Å². The Hall–Kier alpha value is -0.870. The van der Waals surface area contributed by atoms with Gasteiger partial charge in [-0.15, -0.1) is 0 Å². The first-order valence-corrected chi connectivity index (χ1v) is 5.66. The lowest BCUT2D eigenvalue weighted by atomic mass is 10.3. The first-order valence-electron chi connectivity index (χ1n) is 5.66. The van der Waals surface area contributed by atoms with Crippen LogP contribution in [0.3, 0.4) is 0 Å². The molecule has 15 heavy (non-hydrogen) atoms. The molecule has 0 aliphatic rings. The Kier molecular flexibility index (Phi) is 6.04. The molecule has 0 amide bonds.